The Morgan fingerprint density at radius 2 is 1.91 bits per heavy atom. The van der Waals surface area contributed by atoms with Gasteiger partial charge in [-0.3, -0.25) is 15.5 Å². The fourth-order valence-corrected chi connectivity index (χ4v) is 7.17. The van der Waals surface area contributed by atoms with Crippen molar-refractivity contribution >= 4 is 11.6 Å². The van der Waals surface area contributed by atoms with Crippen molar-refractivity contribution in [1.29, 1.82) is 0 Å². The predicted molar refractivity (Wildman–Crippen MR) is 130 cm³/mol. The Labute approximate surface area is 203 Å². The van der Waals surface area contributed by atoms with E-state index in [0.717, 1.165) is 65.1 Å². The summed E-state index contributed by atoms with van der Waals surface area (Å²) < 4.78 is 20.5. The number of alkyl halides is 2. The van der Waals surface area contributed by atoms with Gasteiger partial charge in [0, 0.05) is 61.6 Å². The van der Waals surface area contributed by atoms with Gasteiger partial charge in [0.15, 0.2) is 0 Å². The van der Waals surface area contributed by atoms with Gasteiger partial charge in [-0.05, 0) is 58.3 Å². The van der Waals surface area contributed by atoms with Gasteiger partial charge in [-0.15, -0.1) is 11.6 Å². The maximum Gasteiger partial charge on any atom is 0.104 e. The number of rotatable bonds is 6. The van der Waals surface area contributed by atoms with Gasteiger partial charge in [0.25, 0.3) is 0 Å². The minimum Gasteiger partial charge on any atom is -0.379 e. The second-order valence-corrected chi connectivity index (χ2v) is 11.9. The molecule has 10 unspecified atom stereocenters. The molecule has 5 aliphatic rings. The fraction of sp³-hybridized carbons (Fsp3) is 1.00. The number of fused-ring (bicyclic) bond motifs is 1. The third-order valence-corrected chi connectivity index (χ3v) is 9.13. The van der Waals surface area contributed by atoms with Crippen molar-refractivity contribution in [2.75, 3.05) is 39.4 Å². The lowest BCUT2D eigenvalue weighted by atomic mass is 9.82. The van der Waals surface area contributed by atoms with Crippen LogP contribution in [-0.4, -0.2) is 97.3 Å². The summed E-state index contributed by atoms with van der Waals surface area (Å²) in [5.41, 5.74) is 3.86. The first-order valence-corrected chi connectivity index (χ1v) is 13.8. The standard InChI is InChI=1S/C24H44ClFN6O/c1-15-9-20(13-27-15)29-23-11-18(14-31-5-7-33-8-6-31)24-28-16(2)22(32(24)30-23)10-17-3-4-19(25)12-21(17)26/h15-24,27-30H,3-14H2,1-2H3. The molecule has 7 nitrogen and oxygen atoms in total. The van der Waals surface area contributed by atoms with E-state index in [1.807, 2.05) is 0 Å². The lowest BCUT2D eigenvalue weighted by Gasteiger charge is -2.46. The highest BCUT2D eigenvalue weighted by atomic mass is 35.5. The molecule has 0 aromatic heterocycles. The van der Waals surface area contributed by atoms with Crippen molar-refractivity contribution in [3.8, 4) is 0 Å². The van der Waals surface area contributed by atoms with Crippen LogP contribution in [0.5, 0.6) is 0 Å². The number of hydrogen-bond acceptors (Lipinski definition) is 7. The highest BCUT2D eigenvalue weighted by Crippen LogP contribution is 2.37. The highest BCUT2D eigenvalue weighted by molar-refractivity contribution is 6.20. The van der Waals surface area contributed by atoms with Crippen LogP contribution >= 0.6 is 11.6 Å². The van der Waals surface area contributed by atoms with Gasteiger partial charge in [0.1, 0.15) is 6.17 Å². The number of nitrogens with one attached hydrogen (secondary N) is 4. The van der Waals surface area contributed by atoms with Crippen molar-refractivity contribution in [2.24, 2.45) is 11.8 Å². The molecule has 4 aliphatic heterocycles. The summed E-state index contributed by atoms with van der Waals surface area (Å²) in [4.78, 5) is 2.56. The molecule has 33 heavy (non-hydrogen) atoms. The first-order chi connectivity index (χ1) is 16.0. The lowest BCUT2D eigenvalue weighted by Crippen LogP contribution is -2.66. The summed E-state index contributed by atoms with van der Waals surface area (Å²) in [5, 5.41) is 13.8. The number of morpholine rings is 1. The van der Waals surface area contributed by atoms with Crippen LogP contribution in [0.4, 0.5) is 4.39 Å². The lowest BCUT2D eigenvalue weighted by molar-refractivity contribution is -0.0375. The topological polar surface area (TPSA) is 63.8 Å². The molecule has 0 aromatic carbocycles. The Morgan fingerprint density at radius 3 is 2.64 bits per heavy atom. The predicted octanol–water partition coefficient (Wildman–Crippen LogP) is 1.63. The van der Waals surface area contributed by atoms with Crippen molar-refractivity contribution in [2.45, 2.75) is 100 Å². The molecule has 1 saturated carbocycles. The van der Waals surface area contributed by atoms with Crippen LogP contribution in [0.1, 0.15) is 52.4 Å². The second kappa shape index (κ2) is 10.9. The molecule has 4 saturated heterocycles. The van der Waals surface area contributed by atoms with Crippen LogP contribution in [-0.2, 0) is 4.74 Å². The summed E-state index contributed by atoms with van der Waals surface area (Å²) in [7, 11) is 0. The third-order valence-electron chi connectivity index (χ3n) is 8.73. The first kappa shape index (κ1) is 24.6. The van der Waals surface area contributed by atoms with Gasteiger partial charge in [0.2, 0.25) is 0 Å². The molecular formula is C24H44ClFN6O. The maximum absolute atomic E-state index is 14.9. The number of nitrogens with zero attached hydrogens (tertiary/aromatic N) is 2. The molecule has 0 bridgehead atoms. The molecule has 0 aromatic rings. The maximum atomic E-state index is 14.9. The smallest absolute Gasteiger partial charge is 0.104 e. The number of hydrazine groups is 1. The third kappa shape index (κ3) is 5.85. The first-order valence-electron chi connectivity index (χ1n) is 13.3. The summed E-state index contributed by atoms with van der Waals surface area (Å²) in [5.74, 6) is 0.626. The molecule has 10 atom stereocenters. The van der Waals surface area contributed by atoms with Gasteiger partial charge < -0.3 is 10.1 Å². The fourth-order valence-electron chi connectivity index (χ4n) is 6.88. The Bertz CT molecular complexity index is 642. The summed E-state index contributed by atoms with van der Waals surface area (Å²) in [6.07, 6.45) is 5.26. The SMILES string of the molecule is CC1CC(NC2CC(CN3CCOCC3)C3NC(C)C(CC4CCC(Cl)CC4F)N3N2)CN1. The molecule has 190 valence electrons. The van der Waals surface area contributed by atoms with Gasteiger partial charge in [-0.2, -0.15) is 0 Å². The summed E-state index contributed by atoms with van der Waals surface area (Å²) in [6, 6.07) is 1.70. The largest absolute Gasteiger partial charge is 0.379 e. The Balaban J connectivity index is 1.28. The molecule has 4 heterocycles. The van der Waals surface area contributed by atoms with E-state index in [2.05, 4.69) is 45.1 Å². The van der Waals surface area contributed by atoms with Gasteiger partial charge in [-0.1, -0.05) is 0 Å². The number of halogens is 2. The Hall–Kier alpha value is -0.0600. The van der Waals surface area contributed by atoms with Crippen molar-refractivity contribution in [3.05, 3.63) is 0 Å². The summed E-state index contributed by atoms with van der Waals surface area (Å²) in [6.45, 7) is 10.4. The molecule has 9 heteroatoms. The van der Waals surface area contributed by atoms with Crippen LogP contribution in [0.15, 0.2) is 0 Å². The molecular weight excluding hydrogens is 443 g/mol. The van der Waals surface area contributed by atoms with E-state index < -0.39 is 6.17 Å². The zero-order valence-corrected chi connectivity index (χ0v) is 21.1. The average Bonchev–Trinajstić information content (AvgIpc) is 3.33. The minimum atomic E-state index is -0.776. The van der Waals surface area contributed by atoms with Crippen LogP contribution in [0.3, 0.4) is 0 Å². The normalized spacial score (nSPS) is 47.6. The highest BCUT2D eigenvalue weighted by Gasteiger charge is 2.48. The molecule has 1 aliphatic carbocycles. The molecule has 4 N–H and O–H groups in total. The van der Waals surface area contributed by atoms with Gasteiger partial charge in [0.05, 0.1) is 25.5 Å². The van der Waals surface area contributed by atoms with E-state index in [4.69, 9.17) is 16.3 Å². The van der Waals surface area contributed by atoms with Crippen LogP contribution < -0.4 is 21.4 Å². The van der Waals surface area contributed by atoms with E-state index >= 15 is 0 Å². The van der Waals surface area contributed by atoms with E-state index in [1.165, 1.54) is 6.42 Å². The van der Waals surface area contributed by atoms with Crippen LogP contribution in [0, 0.1) is 11.8 Å². The second-order valence-electron chi connectivity index (χ2n) is 11.3. The zero-order chi connectivity index (χ0) is 22.9. The van der Waals surface area contributed by atoms with Gasteiger partial charge in [-0.25, -0.2) is 14.8 Å². The molecule has 5 fully saturated rings. The van der Waals surface area contributed by atoms with E-state index in [0.29, 0.717) is 36.5 Å². The van der Waals surface area contributed by atoms with E-state index in [1.54, 1.807) is 0 Å². The number of ether oxygens (including phenoxy) is 1. The molecule has 5 rings (SSSR count). The van der Waals surface area contributed by atoms with Crippen molar-refractivity contribution in [1.82, 2.24) is 31.3 Å². The van der Waals surface area contributed by atoms with E-state index in [9.17, 15) is 4.39 Å². The number of hydrogen-bond donors (Lipinski definition) is 4. The quantitative estimate of drug-likeness (QED) is 0.426. The van der Waals surface area contributed by atoms with Gasteiger partial charge >= 0.3 is 0 Å². The zero-order valence-electron chi connectivity index (χ0n) is 20.3. The van der Waals surface area contributed by atoms with Crippen molar-refractivity contribution in [3.63, 3.8) is 0 Å². The van der Waals surface area contributed by atoms with E-state index in [-0.39, 0.29) is 23.6 Å². The Kier molecular flexibility index (Phi) is 8.14. The summed E-state index contributed by atoms with van der Waals surface area (Å²) >= 11 is 6.25. The average molecular weight is 487 g/mol. The van der Waals surface area contributed by atoms with Crippen molar-refractivity contribution < 1.29 is 9.13 Å². The Morgan fingerprint density at radius 1 is 1.09 bits per heavy atom. The van der Waals surface area contributed by atoms with Crippen LogP contribution in [0.2, 0.25) is 0 Å². The van der Waals surface area contributed by atoms with Crippen LogP contribution in [0.25, 0.3) is 0 Å². The molecule has 0 spiro atoms. The molecule has 0 radical (unpaired) electrons. The molecule has 0 amide bonds. The monoisotopic (exact) mass is 486 g/mol. The minimum absolute atomic E-state index is 0.00475.